The molecule has 128 valence electrons. The largest absolute Gasteiger partial charge is 0.449 e. The molecule has 1 atom stereocenters. The highest BCUT2D eigenvalue weighted by Gasteiger charge is 2.29. The fourth-order valence-corrected chi connectivity index (χ4v) is 3.21. The van der Waals surface area contributed by atoms with E-state index in [9.17, 15) is 19.2 Å². The van der Waals surface area contributed by atoms with Crippen LogP contribution in [-0.2, 0) is 19.1 Å². The number of amides is 3. The molecular formula is C15H16N2O5S2. The molecule has 1 aromatic heterocycles. The quantitative estimate of drug-likeness (QED) is 0.579. The number of hydrogen-bond donors (Lipinski definition) is 1. The Morgan fingerprint density at radius 1 is 1.46 bits per heavy atom. The Morgan fingerprint density at radius 2 is 2.25 bits per heavy atom. The number of carbonyl (C=O) groups is 4. The first-order chi connectivity index (χ1) is 11.5. The van der Waals surface area contributed by atoms with E-state index in [4.69, 9.17) is 4.74 Å². The summed E-state index contributed by atoms with van der Waals surface area (Å²) in [7, 11) is 0. The van der Waals surface area contributed by atoms with Crippen LogP contribution in [0.2, 0.25) is 0 Å². The van der Waals surface area contributed by atoms with Crippen molar-refractivity contribution in [2.45, 2.75) is 13.0 Å². The van der Waals surface area contributed by atoms with Crippen LogP contribution < -0.4 is 5.32 Å². The van der Waals surface area contributed by atoms with Gasteiger partial charge in [0.05, 0.1) is 5.75 Å². The minimum Gasteiger partial charge on any atom is -0.449 e. The summed E-state index contributed by atoms with van der Waals surface area (Å²) in [5, 5.41) is 5.98. The van der Waals surface area contributed by atoms with Gasteiger partial charge in [-0.15, -0.1) is 0 Å². The highest BCUT2D eigenvalue weighted by molar-refractivity contribution is 8.14. The third-order valence-electron chi connectivity index (χ3n) is 3.09. The van der Waals surface area contributed by atoms with E-state index in [1.54, 1.807) is 6.08 Å². The Morgan fingerprint density at radius 3 is 2.88 bits per heavy atom. The molecule has 24 heavy (non-hydrogen) atoms. The molecule has 1 saturated heterocycles. The predicted molar refractivity (Wildman–Crippen MR) is 91.5 cm³/mol. The van der Waals surface area contributed by atoms with Gasteiger partial charge < -0.3 is 10.1 Å². The molecule has 0 aliphatic carbocycles. The molecule has 1 fully saturated rings. The van der Waals surface area contributed by atoms with Crippen molar-refractivity contribution in [3.05, 3.63) is 28.5 Å². The number of nitrogens with one attached hydrogen (secondary N) is 1. The Balaban J connectivity index is 1.70. The molecule has 1 aliphatic rings. The number of rotatable bonds is 7. The maximum absolute atomic E-state index is 11.8. The van der Waals surface area contributed by atoms with Crippen molar-refractivity contribution in [1.29, 1.82) is 0 Å². The van der Waals surface area contributed by atoms with Crippen molar-refractivity contribution in [3.8, 4) is 0 Å². The van der Waals surface area contributed by atoms with Gasteiger partial charge in [-0.3, -0.25) is 19.3 Å². The number of esters is 1. The van der Waals surface area contributed by atoms with Crippen molar-refractivity contribution in [3.63, 3.8) is 0 Å². The summed E-state index contributed by atoms with van der Waals surface area (Å²) in [6.45, 7) is 1.67. The van der Waals surface area contributed by atoms with Gasteiger partial charge in [0.2, 0.25) is 5.91 Å². The first-order valence-electron chi connectivity index (χ1n) is 7.13. The number of hydrogen-bond acceptors (Lipinski definition) is 7. The van der Waals surface area contributed by atoms with E-state index in [0.29, 0.717) is 0 Å². The molecule has 0 radical (unpaired) electrons. The zero-order chi connectivity index (χ0) is 17.5. The Labute approximate surface area is 147 Å². The van der Waals surface area contributed by atoms with Crippen LogP contribution in [0, 0.1) is 0 Å². The molecule has 0 spiro atoms. The lowest BCUT2D eigenvalue weighted by Gasteiger charge is -2.15. The molecule has 1 aromatic rings. The highest BCUT2D eigenvalue weighted by Crippen LogP contribution is 2.17. The van der Waals surface area contributed by atoms with Gasteiger partial charge in [0.15, 0.2) is 6.10 Å². The lowest BCUT2D eigenvalue weighted by atomic mass is 10.3. The molecule has 0 aromatic carbocycles. The van der Waals surface area contributed by atoms with Crippen LogP contribution in [0.1, 0.15) is 12.5 Å². The van der Waals surface area contributed by atoms with Crippen molar-refractivity contribution in [1.82, 2.24) is 10.2 Å². The molecule has 1 aliphatic heterocycles. The second-order valence-corrected chi connectivity index (χ2v) is 6.57. The second-order valence-electron chi connectivity index (χ2n) is 4.86. The van der Waals surface area contributed by atoms with Gasteiger partial charge in [0, 0.05) is 19.2 Å². The SMILES string of the molecule is C[C@H](OC(=O)/C=C/c1ccsc1)C(=O)NCCN1C(=O)CSC1=O. The van der Waals surface area contributed by atoms with Crippen molar-refractivity contribution in [2.75, 3.05) is 18.8 Å². The van der Waals surface area contributed by atoms with Crippen LogP contribution in [0.5, 0.6) is 0 Å². The third kappa shape index (κ3) is 5.20. The van der Waals surface area contributed by atoms with Gasteiger partial charge in [0.25, 0.3) is 11.1 Å². The maximum Gasteiger partial charge on any atom is 0.331 e. The van der Waals surface area contributed by atoms with Crippen LogP contribution in [0.4, 0.5) is 4.79 Å². The van der Waals surface area contributed by atoms with Gasteiger partial charge in [-0.2, -0.15) is 11.3 Å². The van der Waals surface area contributed by atoms with E-state index in [-0.39, 0.29) is 30.0 Å². The summed E-state index contributed by atoms with van der Waals surface area (Å²) in [6.07, 6.45) is 1.89. The number of nitrogens with zero attached hydrogens (tertiary/aromatic N) is 1. The van der Waals surface area contributed by atoms with E-state index >= 15 is 0 Å². The van der Waals surface area contributed by atoms with Crippen LogP contribution in [0.3, 0.4) is 0 Å². The van der Waals surface area contributed by atoms with E-state index in [1.807, 2.05) is 16.8 Å². The average Bonchev–Trinajstić information content (AvgIpc) is 3.17. The van der Waals surface area contributed by atoms with Crippen LogP contribution in [0.25, 0.3) is 6.08 Å². The van der Waals surface area contributed by atoms with Crippen LogP contribution in [-0.4, -0.2) is 52.9 Å². The number of thiophene rings is 1. The van der Waals surface area contributed by atoms with E-state index in [1.165, 1.54) is 24.3 Å². The summed E-state index contributed by atoms with van der Waals surface area (Å²) >= 11 is 2.45. The van der Waals surface area contributed by atoms with Crippen LogP contribution in [0.15, 0.2) is 22.9 Å². The monoisotopic (exact) mass is 368 g/mol. The number of carbonyl (C=O) groups excluding carboxylic acids is 4. The standard InChI is InChI=1S/C15H16N2O5S2/c1-10(22-13(19)3-2-11-4-7-23-8-11)14(20)16-5-6-17-12(18)9-24-15(17)21/h2-4,7-8,10H,5-6,9H2,1H3,(H,16,20)/b3-2+/t10-/m0/s1. The molecular weight excluding hydrogens is 352 g/mol. The molecule has 2 rings (SSSR count). The minimum atomic E-state index is -0.969. The number of thioether (sulfide) groups is 1. The Hall–Kier alpha value is -2.13. The van der Waals surface area contributed by atoms with E-state index < -0.39 is 18.0 Å². The predicted octanol–water partition coefficient (Wildman–Crippen LogP) is 1.50. The highest BCUT2D eigenvalue weighted by atomic mass is 32.2. The van der Waals surface area contributed by atoms with Gasteiger partial charge in [-0.05, 0) is 35.4 Å². The van der Waals surface area contributed by atoms with Crippen molar-refractivity contribution >= 4 is 52.2 Å². The molecule has 2 heterocycles. The molecule has 9 heteroatoms. The lowest BCUT2D eigenvalue weighted by Crippen LogP contribution is -2.41. The number of ether oxygens (including phenoxy) is 1. The molecule has 7 nitrogen and oxygen atoms in total. The van der Waals surface area contributed by atoms with Gasteiger partial charge in [-0.1, -0.05) is 11.8 Å². The second kappa shape index (κ2) is 8.65. The average molecular weight is 368 g/mol. The zero-order valence-electron chi connectivity index (χ0n) is 12.9. The summed E-state index contributed by atoms with van der Waals surface area (Å²) in [4.78, 5) is 47.4. The normalized spacial score (nSPS) is 15.8. The molecule has 0 bridgehead atoms. The van der Waals surface area contributed by atoms with Crippen molar-refractivity contribution < 1.29 is 23.9 Å². The maximum atomic E-state index is 11.8. The topological polar surface area (TPSA) is 92.8 Å². The van der Waals surface area contributed by atoms with E-state index in [0.717, 1.165) is 22.2 Å². The first kappa shape index (κ1) is 18.2. The Kier molecular flexibility index (Phi) is 6.56. The first-order valence-corrected chi connectivity index (χ1v) is 9.06. The fourth-order valence-electron chi connectivity index (χ4n) is 1.83. The summed E-state index contributed by atoms with van der Waals surface area (Å²) in [5.41, 5.74) is 0.881. The lowest BCUT2D eigenvalue weighted by molar-refractivity contribution is -0.150. The summed E-state index contributed by atoms with van der Waals surface area (Å²) in [5.74, 6) is -1.24. The van der Waals surface area contributed by atoms with Crippen molar-refractivity contribution in [2.24, 2.45) is 0 Å². The minimum absolute atomic E-state index is 0.106. The Bertz CT molecular complexity index is 641. The molecule has 0 unspecified atom stereocenters. The third-order valence-corrected chi connectivity index (χ3v) is 4.65. The molecule has 0 saturated carbocycles. The smallest absolute Gasteiger partial charge is 0.331 e. The van der Waals surface area contributed by atoms with Gasteiger partial charge in [-0.25, -0.2) is 4.79 Å². The summed E-state index contributed by atoms with van der Waals surface area (Å²) < 4.78 is 4.99. The number of imide groups is 1. The molecule has 1 N–H and O–H groups in total. The summed E-state index contributed by atoms with van der Waals surface area (Å²) in [6, 6.07) is 1.85. The zero-order valence-corrected chi connectivity index (χ0v) is 14.5. The van der Waals surface area contributed by atoms with Gasteiger partial charge >= 0.3 is 5.97 Å². The molecule has 3 amide bonds. The van der Waals surface area contributed by atoms with E-state index in [2.05, 4.69) is 5.32 Å². The van der Waals surface area contributed by atoms with Crippen LogP contribution >= 0.6 is 23.1 Å². The van der Waals surface area contributed by atoms with Gasteiger partial charge in [0.1, 0.15) is 0 Å². The fraction of sp³-hybridized carbons (Fsp3) is 0.333.